The summed E-state index contributed by atoms with van der Waals surface area (Å²) in [5.74, 6) is -0.372. The first kappa shape index (κ1) is 24.3. The Morgan fingerprint density at radius 1 is 1.09 bits per heavy atom. The van der Waals surface area contributed by atoms with Crippen LogP contribution in [0.1, 0.15) is 13.8 Å². The summed E-state index contributed by atoms with van der Waals surface area (Å²) in [6.45, 7) is 4.86. The topological polar surface area (TPSA) is 95.8 Å². The van der Waals surface area contributed by atoms with E-state index >= 15 is 0 Å². The molecule has 0 spiro atoms. The number of carbonyl (C=O) groups excluding carboxylic acids is 2. The Hall–Kier alpha value is 0.00935. The Labute approximate surface area is 152 Å². The van der Waals surface area contributed by atoms with Crippen LogP contribution in [0.25, 0.3) is 5.32 Å². The molecule has 0 aliphatic carbocycles. The molecule has 0 aliphatic heterocycles. The summed E-state index contributed by atoms with van der Waals surface area (Å²) in [5.41, 5.74) is 0. The summed E-state index contributed by atoms with van der Waals surface area (Å²) < 4.78 is 17.9. The Bertz CT molecular complexity index is 285. The third kappa shape index (κ3) is 11.6. The molecule has 10 heteroatoms. The van der Waals surface area contributed by atoms with Crippen LogP contribution < -0.4 is 5.32 Å². The number of rotatable bonds is 11. The monoisotopic (exact) mass is 434 g/mol. The van der Waals surface area contributed by atoms with Gasteiger partial charge in [0.05, 0.1) is 19.3 Å². The first-order valence-electron chi connectivity index (χ1n) is 6.65. The van der Waals surface area contributed by atoms with Gasteiger partial charge in [-0.2, -0.15) is 5.75 Å². The van der Waals surface area contributed by atoms with E-state index in [0.29, 0.717) is 26.3 Å². The van der Waals surface area contributed by atoms with E-state index in [2.05, 4.69) is 10.6 Å². The van der Waals surface area contributed by atoms with Crippen molar-refractivity contribution in [3.05, 3.63) is 5.32 Å². The van der Waals surface area contributed by atoms with Crippen molar-refractivity contribution in [3.63, 3.8) is 0 Å². The molecule has 0 saturated heterocycles. The third-order valence-corrected chi connectivity index (χ3v) is 2.96. The number of hydrogen-bond acceptors (Lipinski definition) is 8. The minimum absolute atomic E-state index is 0.182. The first-order chi connectivity index (χ1) is 10.6. The Balaban J connectivity index is 0. The van der Waals surface area contributed by atoms with E-state index < -0.39 is 18.1 Å². The quantitative estimate of drug-likeness (QED) is 0.271. The van der Waals surface area contributed by atoms with Crippen LogP contribution in [0.3, 0.4) is 0 Å². The molecule has 1 N–H and O–H groups in total. The zero-order valence-electron chi connectivity index (χ0n) is 12.6. The van der Waals surface area contributed by atoms with E-state index in [4.69, 9.17) is 38.2 Å². The molecule has 0 radical (unpaired) electrons. The average Bonchev–Trinajstić information content (AvgIpc) is 2.53. The van der Waals surface area contributed by atoms with Gasteiger partial charge in [0.1, 0.15) is 0 Å². The van der Waals surface area contributed by atoms with Crippen molar-refractivity contribution in [1.82, 2.24) is 5.32 Å². The van der Waals surface area contributed by atoms with Crippen LogP contribution in [0.5, 0.6) is 0 Å². The molecule has 0 rings (SSSR count). The predicted molar refractivity (Wildman–Crippen MR) is 82.2 cm³/mol. The van der Waals surface area contributed by atoms with Crippen LogP contribution in [0.4, 0.5) is 0 Å². The number of carbonyl (C=O) groups is 2. The molecule has 0 fully saturated rings. The summed E-state index contributed by atoms with van der Waals surface area (Å²) >= 11 is 10.6. The van der Waals surface area contributed by atoms with Crippen molar-refractivity contribution in [1.29, 1.82) is 0 Å². The van der Waals surface area contributed by atoms with Crippen molar-refractivity contribution in [3.8, 4) is 0 Å². The number of nitrogens with one attached hydrogen (secondary N) is 1. The molecule has 0 aromatic carbocycles. The van der Waals surface area contributed by atoms with E-state index in [1.165, 1.54) is 0 Å². The summed E-state index contributed by atoms with van der Waals surface area (Å²) in [5, 5.41) is 7.09. The van der Waals surface area contributed by atoms with Gasteiger partial charge in [-0.25, -0.2) is 0 Å². The van der Waals surface area contributed by atoms with Crippen LogP contribution in [-0.2, 0) is 66.7 Å². The second kappa shape index (κ2) is 17.4. The maximum atomic E-state index is 11.5. The fourth-order valence-electron chi connectivity index (χ4n) is 1.35. The van der Waals surface area contributed by atoms with Crippen molar-refractivity contribution in [2.45, 2.75) is 25.9 Å². The van der Waals surface area contributed by atoms with Crippen LogP contribution in [0.2, 0.25) is 0 Å². The Morgan fingerprint density at radius 2 is 1.64 bits per heavy atom. The van der Waals surface area contributed by atoms with Gasteiger partial charge in [-0.1, -0.05) is 6.04 Å². The normalized spacial score (nSPS) is 12.5. The molecule has 0 heterocycles. The number of esters is 2. The number of nitrogens with zero attached hydrogens (tertiary/aromatic N) is 1. The van der Waals surface area contributed by atoms with E-state index in [9.17, 15) is 9.59 Å². The van der Waals surface area contributed by atoms with E-state index in [-0.39, 0.29) is 17.5 Å². The van der Waals surface area contributed by atoms with Gasteiger partial charge in [-0.15, -0.1) is 12.3 Å². The SMILES string of the molecule is CCOC(=O)[C@H](C[S-])[N-]CCN[C@@H](C[S-])C(=O)OCC.[O]=[Tc+3]. The molecule has 128 valence electrons. The van der Waals surface area contributed by atoms with E-state index in [0.717, 1.165) is 18.9 Å². The Kier molecular flexibility index (Phi) is 19.2. The van der Waals surface area contributed by atoms with Gasteiger partial charge >= 0.3 is 28.3 Å². The molecule has 0 aromatic heterocycles. The summed E-state index contributed by atoms with van der Waals surface area (Å²) in [6.07, 6.45) is 0. The second-order valence-electron chi connectivity index (χ2n) is 3.77. The van der Waals surface area contributed by atoms with E-state index in [1.54, 1.807) is 13.8 Å². The zero-order chi connectivity index (χ0) is 17.4. The van der Waals surface area contributed by atoms with Crippen LogP contribution in [0, 0.1) is 0 Å². The van der Waals surface area contributed by atoms with E-state index in [1.807, 2.05) is 0 Å². The van der Waals surface area contributed by atoms with Crippen molar-refractivity contribution in [2.75, 3.05) is 37.8 Å². The fraction of sp³-hybridized carbons (Fsp3) is 0.833. The van der Waals surface area contributed by atoms with Gasteiger partial charge < -0.3 is 45.4 Å². The van der Waals surface area contributed by atoms with Crippen LogP contribution in [0.15, 0.2) is 0 Å². The molecule has 0 unspecified atom stereocenters. The summed E-state index contributed by atoms with van der Waals surface area (Å²) in [7, 11) is 0. The standard InChI is InChI=1S/C12H23N2O4S2.O.Tc/c1-3-17-11(15)9(7-19)13-5-6-14-10(8-20)12(16)18-4-2;;/h9-10,13,19-20H,3-8H2,1-2H3;;/q-1;;+3/p-2/t9-,10-;;/m0../s1. The first-order valence-corrected chi connectivity index (χ1v) is 8.56. The van der Waals surface area contributed by atoms with Gasteiger partial charge in [0, 0.05) is 0 Å². The maximum absolute atomic E-state index is 11.5. The molecule has 0 saturated carbocycles. The van der Waals surface area contributed by atoms with Crippen molar-refractivity contribution >= 4 is 37.2 Å². The molecule has 0 bridgehead atoms. The molecule has 0 amide bonds. The molecular formula is C12H21N2O5S2Tc. The van der Waals surface area contributed by atoms with Gasteiger partial charge in [0.25, 0.3) is 5.97 Å². The van der Waals surface area contributed by atoms with Gasteiger partial charge in [0.2, 0.25) is 0 Å². The molecule has 0 aromatic rings. The summed E-state index contributed by atoms with van der Waals surface area (Å²) in [4.78, 5) is 22.9. The van der Waals surface area contributed by atoms with Crippen molar-refractivity contribution < 1.29 is 41.4 Å². The second-order valence-corrected chi connectivity index (χ2v) is 4.43. The molecule has 0 aliphatic rings. The minimum atomic E-state index is -0.628. The number of hydrogen-bond donors (Lipinski definition) is 1. The average molecular weight is 435 g/mol. The molecule has 7 nitrogen and oxygen atoms in total. The fourth-order valence-corrected chi connectivity index (χ4v) is 1.84. The zero-order valence-corrected chi connectivity index (χ0v) is 16.1. The third-order valence-electron chi connectivity index (χ3n) is 2.31. The number of ether oxygens (including phenoxy) is 2. The van der Waals surface area contributed by atoms with Gasteiger partial charge in [-0.05, 0) is 20.4 Å². The Morgan fingerprint density at radius 3 is 2.09 bits per heavy atom. The predicted octanol–water partition coefficient (Wildman–Crippen LogP) is -0.214. The molecule has 2 atom stereocenters. The summed E-state index contributed by atoms with van der Waals surface area (Å²) in [6, 6.07) is -1.15. The van der Waals surface area contributed by atoms with Crippen LogP contribution in [-0.4, -0.2) is 61.8 Å². The molecular weight excluding hydrogens is 414 g/mol. The van der Waals surface area contributed by atoms with Crippen molar-refractivity contribution in [2.24, 2.45) is 0 Å². The van der Waals surface area contributed by atoms with Gasteiger partial charge in [-0.3, -0.25) is 9.59 Å². The van der Waals surface area contributed by atoms with Gasteiger partial charge in [0.15, 0.2) is 0 Å². The molecule has 22 heavy (non-hydrogen) atoms. The van der Waals surface area contributed by atoms with Crippen LogP contribution >= 0.6 is 0 Å².